The normalized spacial score (nSPS) is 29.9. The van der Waals surface area contributed by atoms with E-state index in [0.29, 0.717) is 12.0 Å². The number of piperidine rings is 1. The molecule has 0 aromatic carbocycles. The Morgan fingerprint density at radius 3 is 2.72 bits per heavy atom. The monoisotopic (exact) mass is 254 g/mol. The predicted octanol–water partition coefficient (Wildman–Crippen LogP) is 1.14. The highest BCUT2D eigenvalue weighted by Crippen LogP contribution is 2.30. The van der Waals surface area contributed by atoms with Gasteiger partial charge in [-0.1, -0.05) is 6.42 Å². The van der Waals surface area contributed by atoms with Crippen LogP contribution in [0.15, 0.2) is 0 Å². The van der Waals surface area contributed by atoms with Gasteiger partial charge in [-0.05, 0) is 38.0 Å². The fourth-order valence-corrected chi connectivity index (χ4v) is 3.27. The Balaban J connectivity index is 1.88. The highest BCUT2D eigenvalue weighted by Gasteiger charge is 2.33. The Labute approximate surface area is 110 Å². The third-order valence-corrected chi connectivity index (χ3v) is 4.33. The average molecular weight is 254 g/mol. The summed E-state index contributed by atoms with van der Waals surface area (Å²) in [5.74, 6) is 0.708. The first-order valence-electron chi connectivity index (χ1n) is 7.31. The van der Waals surface area contributed by atoms with Crippen molar-refractivity contribution >= 4 is 5.91 Å². The Morgan fingerprint density at radius 1 is 1.39 bits per heavy atom. The number of hydrogen-bond donors (Lipinski definition) is 2. The number of amides is 1. The molecule has 2 rings (SSSR count). The zero-order valence-corrected chi connectivity index (χ0v) is 11.4. The lowest BCUT2D eigenvalue weighted by Crippen LogP contribution is -2.55. The number of nitrogens with zero attached hydrogens (tertiary/aromatic N) is 1. The SMILES string of the molecule is CC(=O)NC1CC(CCCO)CN(C2CCC2)C1. The molecule has 0 spiro atoms. The van der Waals surface area contributed by atoms with Crippen LogP contribution >= 0.6 is 0 Å². The van der Waals surface area contributed by atoms with E-state index in [9.17, 15) is 4.79 Å². The molecule has 0 aromatic rings. The van der Waals surface area contributed by atoms with E-state index in [1.165, 1.54) is 19.3 Å². The van der Waals surface area contributed by atoms with Gasteiger partial charge in [0.25, 0.3) is 0 Å². The van der Waals surface area contributed by atoms with Crippen LogP contribution in [0.1, 0.15) is 45.4 Å². The van der Waals surface area contributed by atoms with Crippen LogP contribution in [0.5, 0.6) is 0 Å². The zero-order valence-electron chi connectivity index (χ0n) is 11.4. The second-order valence-corrected chi connectivity index (χ2v) is 5.90. The maximum atomic E-state index is 11.2. The van der Waals surface area contributed by atoms with E-state index >= 15 is 0 Å². The van der Waals surface area contributed by atoms with Crippen LogP contribution in [0.25, 0.3) is 0 Å². The van der Waals surface area contributed by atoms with E-state index in [1.807, 2.05) is 0 Å². The number of aliphatic hydroxyl groups excluding tert-OH is 1. The van der Waals surface area contributed by atoms with Gasteiger partial charge in [0.05, 0.1) is 0 Å². The van der Waals surface area contributed by atoms with E-state index in [4.69, 9.17) is 5.11 Å². The first-order chi connectivity index (χ1) is 8.69. The molecule has 0 bridgehead atoms. The van der Waals surface area contributed by atoms with E-state index in [0.717, 1.165) is 38.4 Å². The summed E-state index contributed by atoms with van der Waals surface area (Å²) in [6.45, 7) is 4.05. The van der Waals surface area contributed by atoms with E-state index in [2.05, 4.69) is 10.2 Å². The Hall–Kier alpha value is -0.610. The van der Waals surface area contributed by atoms with Gasteiger partial charge in [-0.15, -0.1) is 0 Å². The van der Waals surface area contributed by atoms with Crippen LogP contribution in [-0.4, -0.2) is 47.7 Å². The Morgan fingerprint density at radius 2 is 2.17 bits per heavy atom. The van der Waals surface area contributed by atoms with Gasteiger partial charge in [-0.2, -0.15) is 0 Å². The summed E-state index contributed by atoms with van der Waals surface area (Å²) in [6.07, 6.45) is 7.03. The molecule has 1 saturated heterocycles. The van der Waals surface area contributed by atoms with Gasteiger partial charge in [-0.25, -0.2) is 0 Å². The lowest BCUT2D eigenvalue weighted by molar-refractivity contribution is -0.120. The molecule has 1 amide bonds. The number of carbonyl (C=O) groups is 1. The summed E-state index contributed by atoms with van der Waals surface area (Å²) < 4.78 is 0. The van der Waals surface area contributed by atoms with Crippen molar-refractivity contribution in [1.29, 1.82) is 0 Å². The standard InChI is InChI=1S/C14H26N2O2/c1-11(18)15-13-8-12(4-3-7-17)9-16(10-13)14-5-2-6-14/h12-14,17H,2-10H2,1H3,(H,15,18). The molecule has 1 aliphatic heterocycles. The number of aliphatic hydroxyl groups is 1. The van der Waals surface area contributed by atoms with Gasteiger partial charge in [-0.3, -0.25) is 9.69 Å². The summed E-state index contributed by atoms with van der Waals surface area (Å²) >= 11 is 0. The summed E-state index contributed by atoms with van der Waals surface area (Å²) in [7, 11) is 0. The molecule has 104 valence electrons. The lowest BCUT2D eigenvalue weighted by atomic mass is 9.85. The van der Waals surface area contributed by atoms with Crippen LogP contribution in [0, 0.1) is 5.92 Å². The van der Waals surface area contributed by atoms with Crippen molar-refractivity contribution in [2.45, 2.75) is 57.5 Å². The maximum absolute atomic E-state index is 11.2. The molecule has 2 aliphatic rings. The summed E-state index contributed by atoms with van der Waals surface area (Å²) in [6, 6.07) is 1.05. The van der Waals surface area contributed by atoms with Gasteiger partial charge in [0.15, 0.2) is 0 Å². The summed E-state index contributed by atoms with van der Waals surface area (Å²) in [4.78, 5) is 13.8. The first-order valence-corrected chi connectivity index (χ1v) is 7.31. The smallest absolute Gasteiger partial charge is 0.217 e. The van der Waals surface area contributed by atoms with E-state index in [1.54, 1.807) is 6.92 Å². The molecule has 4 heteroatoms. The number of hydrogen-bond acceptors (Lipinski definition) is 3. The highest BCUT2D eigenvalue weighted by atomic mass is 16.2. The van der Waals surface area contributed by atoms with Crippen molar-refractivity contribution in [2.75, 3.05) is 19.7 Å². The molecule has 2 atom stereocenters. The van der Waals surface area contributed by atoms with Crippen LogP contribution in [0.2, 0.25) is 0 Å². The number of nitrogens with one attached hydrogen (secondary N) is 1. The summed E-state index contributed by atoms with van der Waals surface area (Å²) in [5, 5.41) is 12.0. The molecule has 2 fully saturated rings. The van der Waals surface area contributed by atoms with Crippen LogP contribution in [0.3, 0.4) is 0 Å². The second-order valence-electron chi connectivity index (χ2n) is 5.90. The minimum atomic E-state index is 0.0800. The fourth-order valence-electron chi connectivity index (χ4n) is 3.27. The van der Waals surface area contributed by atoms with Gasteiger partial charge in [0.2, 0.25) is 5.91 Å². The van der Waals surface area contributed by atoms with Crippen molar-refractivity contribution < 1.29 is 9.90 Å². The van der Waals surface area contributed by atoms with Crippen molar-refractivity contribution in [3.8, 4) is 0 Å². The third-order valence-electron chi connectivity index (χ3n) is 4.33. The van der Waals surface area contributed by atoms with Crippen LogP contribution < -0.4 is 5.32 Å². The molecule has 1 heterocycles. The van der Waals surface area contributed by atoms with E-state index in [-0.39, 0.29) is 12.5 Å². The molecule has 1 aliphatic carbocycles. The summed E-state index contributed by atoms with van der Waals surface area (Å²) in [5.41, 5.74) is 0. The molecular weight excluding hydrogens is 228 g/mol. The van der Waals surface area contributed by atoms with Crippen LogP contribution in [0.4, 0.5) is 0 Å². The zero-order chi connectivity index (χ0) is 13.0. The Bertz CT molecular complexity index is 279. The third kappa shape index (κ3) is 3.69. The quantitative estimate of drug-likeness (QED) is 0.773. The topological polar surface area (TPSA) is 52.6 Å². The molecule has 0 radical (unpaired) electrons. The predicted molar refractivity (Wildman–Crippen MR) is 71.2 cm³/mol. The highest BCUT2D eigenvalue weighted by molar-refractivity contribution is 5.73. The molecule has 2 unspecified atom stereocenters. The molecule has 4 nitrogen and oxygen atoms in total. The fraction of sp³-hybridized carbons (Fsp3) is 0.929. The molecular formula is C14H26N2O2. The number of carbonyl (C=O) groups excluding carboxylic acids is 1. The van der Waals surface area contributed by atoms with Gasteiger partial charge >= 0.3 is 0 Å². The number of likely N-dealkylation sites (tertiary alicyclic amines) is 1. The second kappa shape index (κ2) is 6.53. The van der Waals surface area contributed by atoms with Gasteiger partial charge in [0.1, 0.15) is 0 Å². The molecule has 2 N–H and O–H groups in total. The number of rotatable bonds is 5. The minimum absolute atomic E-state index is 0.0800. The van der Waals surface area contributed by atoms with Crippen LogP contribution in [-0.2, 0) is 4.79 Å². The average Bonchev–Trinajstić information content (AvgIpc) is 2.22. The molecule has 0 aromatic heterocycles. The molecule has 18 heavy (non-hydrogen) atoms. The van der Waals surface area contributed by atoms with Crippen molar-refractivity contribution in [1.82, 2.24) is 10.2 Å². The van der Waals surface area contributed by atoms with E-state index < -0.39 is 0 Å². The first kappa shape index (κ1) is 13.8. The Kier molecular flexibility index (Phi) is 5.01. The van der Waals surface area contributed by atoms with Gasteiger partial charge < -0.3 is 10.4 Å². The van der Waals surface area contributed by atoms with Gasteiger partial charge in [0, 0.05) is 38.7 Å². The van der Waals surface area contributed by atoms with Crippen molar-refractivity contribution in [2.24, 2.45) is 5.92 Å². The molecule has 1 saturated carbocycles. The lowest BCUT2D eigenvalue weighted by Gasteiger charge is -2.45. The van der Waals surface area contributed by atoms with Crippen molar-refractivity contribution in [3.05, 3.63) is 0 Å². The maximum Gasteiger partial charge on any atom is 0.217 e. The van der Waals surface area contributed by atoms with Crippen molar-refractivity contribution in [3.63, 3.8) is 0 Å². The minimum Gasteiger partial charge on any atom is -0.396 e. The largest absolute Gasteiger partial charge is 0.396 e.